The van der Waals surface area contributed by atoms with E-state index in [1.165, 1.54) is 0 Å². The summed E-state index contributed by atoms with van der Waals surface area (Å²) in [5.41, 5.74) is 5.16. The van der Waals surface area contributed by atoms with Crippen LogP contribution in [0.25, 0.3) is 0 Å². The summed E-state index contributed by atoms with van der Waals surface area (Å²) in [5.74, 6) is -3.03. The highest BCUT2D eigenvalue weighted by molar-refractivity contribution is 5.73. The Hall–Kier alpha value is -1.56. The normalized spacial score (nSPS) is 12.5. The number of aromatic nitrogens is 1. The zero-order chi connectivity index (χ0) is 10.7. The summed E-state index contributed by atoms with van der Waals surface area (Å²) >= 11 is 0. The molecular weight excluding hydrogens is 194 g/mol. The molecule has 1 rings (SSSR count). The van der Waals surface area contributed by atoms with Gasteiger partial charge in [0, 0.05) is 24.2 Å². The first-order valence-corrected chi connectivity index (χ1v) is 3.79. The Morgan fingerprint density at radius 3 is 2.79 bits per heavy atom. The highest BCUT2D eigenvalue weighted by atomic mass is 19.1. The number of carboxylic acids is 1. The second-order valence-corrected chi connectivity index (χ2v) is 2.75. The van der Waals surface area contributed by atoms with Crippen LogP contribution in [0.3, 0.4) is 0 Å². The Morgan fingerprint density at radius 2 is 2.29 bits per heavy atom. The van der Waals surface area contributed by atoms with Crippen LogP contribution in [0.2, 0.25) is 0 Å². The molecule has 1 aromatic heterocycles. The van der Waals surface area contributed by atoms with E-state index in [1.807, 2.05) is 0 Å². The maximum Gasteiger partial charge on any atom is 0.320 e. The molecule has 4 nitrogen and oxygen atoms in total. The second kappa shape index (κ2) is 4.10. The number of halogens is 2. The third-order valence-electron chi connectivity index (χ3n) is 1.65. The van der Waals surface area contributed by atoms with Gasteiger partial charge in [-0.3, -0.25) is 4.79 Å². The molecule has 1 unspecified atom stereocenters. The first kappa shape index (κ1) is 10.5. The summed E-state index contributed by atoms with van der Waals surface area (Å²) in [6.07, 6.45) is 0.724. The molecule has 0 fully saturated rings. The second-order valence-electron chi connectivity index (χ2n) is 2.75. The molecule has 6 heteroatoms. The molecular formula is C8H8F2N2O2. The van der Waals surface area contributed by atoms with Gasteiger partial charge in [0.25, 0.3) is 0 Å². The van der Waals surface area contributed by atoms with Crippen LogP contribution in [0.15, 0.2) is 12.3 Å². The van der Waals surface area contributed by atoms with Crippen LogP contribution in [-0.4, -0.2) is 22.1 Å². The molecule has 14 heavy (non-hydrogen) atoms. The molecule has 1 aromatic rings. The number of hydrogen-bond donors (Lipinski definition) is 2. The molecule has 1 heterocycles. The Morgan fingerprint density at radius 1 is 1.64 bits per heavy atom. The van der Waals surface area contributed by atoms with Gasteiger partial charge in [-0.15, -0.1) is 0 Å². The number of aliphatic carboxylic acids is 1. The lowest BCUT2D eigenvalue weighted by molar-refractivity contribution is -0.138. The van der Waals surface area contributed by atoms with E-state index >= 15 is 0 Å². The number of carboxylic acid groups (broad SMARTS) is 1. The van der Waals surface area contributed by atoms with E-state index in [0.29, 0.717) is 6.07 Å². The molecule has 0 spiro atoms. The zero-order valence-corrected chi connectivity index (χ0v) is 7.08. The van der Waals surface area contributed by atoms with Crippen molar-refractivity contribution in [1.82, 2.24) is 4.98 Å². The van der Waals surface area contributed by atoms with Crippen LogP contribution < -0.4 is 5.73 Å². The lowest BCUT2D eigenvalue weighted by atomic mass is 10.1. The smallest absolute Gasteiger partial charge is 0.320 e. The van der Waals surface area contributed by atoms with Gasteiger partial charge in [-0.1, -0.05) is 0 Å². The predicted molar refractivity (Wildman–Crippen MR) is 43.5 cm³/mol. The van der Waals surface area contributed by atoms with Crippen molar-refractivity contribution in [2.45, 2.75) is 12.5 Å². The summed E-state index contributed by atoms with van der Waals surface area (Å²) in [5, 5.41) is 8.45. The van der Waals surface area contributed by atoms with Crippen LogP contribution in [0.1, 0.15) is 5.56 Å². The Bertz CT molecular complexity index is 357. The van der Waals surface area contributed by atoms with Gasteiger partial charge in [-0.2, -0.15) is 4.39 Å². The van der Waals surface area contributed by atoms with Crippen molar-refractivity contribution in [3.8, 4) is 0 Å². The number of carbonyl (C=O) groups is 1. The summed E-state index contributed by atoms with van der Waals surface area (Å²) in [6.45, 7) is 0. The molecule has 0 aliphatic heterocycles. The number of hydrogen-bond acceptors (Lipinski definition) is 3. The van der Waals surface area contributed by atoms with Crippen molar-refractivity contribution >= 4 is 5.97 Å². The molecule has 0 aromatic carbocycles. The molecule has 1 atom stereocenters. The molecule has 0 aliphatic carbocycles. The summed E-state index contributed by atoms with van der Waals surface area (Å²) in [4.78, 5) is 13.5. The monoisotopic (exact) mass is 202 g/mol. The lowest BCUT2D eigenvalue weighted by Gasteiger charge is -2.06. The number of rotatable bonds is 3. The average Bonchev–Trinajstić information content (AvgIpc) is 2.09. The standard InChI is InChI=1S/C8H8F2N2O2/c9-5-2-7(10)12-3-4(5)1-6(11)8(13)14/h2-3,6H,1,11H2,(H,13,14). The molecule has 0 radical (unpaired) electrons. The van der Waals surface area contributed by atoms with Gasteiger partial charge in [0.05, 0.1) is 0 Å². The van der Waals surface area contributed by atoms with Crippen molar-refractivity contribution < 1.29 is 18.7 Å². The molecule has 0 saturated heterocycles. The van der Waals surface area contributed by atoms with Crippen molar-refractivity contribution in [2.75, 3.05) is 0 Å². The van der Waals surface area contributed by atoms with Gasteiger partial charge >= 0.3 is 5.97 Å². The van der Waals surface area contributed by atoms with Crippen LogP contribution in [0.4, 0.5) is 8.78 Å². The molecule has 3 N–H and O–H groups in total. The summed E-state index contributed by atoms with van der Waals surface area (Å²) in [7, 11) is 0. The van der Waals surface area contributed by atoms with Crippen molar-refractivity contribution in [3.63, 3.8) is 0 Å². The van der Waals surface area contributed by atoms with Crippen LogP contribution in [0.5, 0.6) is 0 Å². The van der Waals surface area contributed by atoms with Crippen LogP contribution >= 0.6 is 0 Å². The van der Waals surface area contributed by atoms with E-state index in [1.54, 1.807) is 0 Å². The summed E-state index contributed by atoms with van der Waals surface area (Å²) < 4.78 is 25.3. The summed E-state index contributed by atoms with van der Waals surface area (Å²) in [6, 6.07) is -0.624. The highest BCUT2D eigenvalue weighted by Gasteiger charge is 2.15. The van der Waals surface area contributed by atoms with Gasteiger partial charge in [0.1, 0.15) is 11.9 Å². The van der Waals surface area contributed by atoms with E-state index in [-0.39, 0.29) is 12.0 Å². The van der Waals surface area contributed by atoms with Crippen molar-refractivity contribution in [1.29, 1.82) is 0 Å². The molecule has 0 amide bonds. The fraction of sp³-hybridized carbons (Fsp3) is 0.250. The Balaban J connectivity index is 2.82. The van der Waals surface area contributed by atoms with Crippen molar-refractivity contribution in [3.05, 3.63) is 29.6 Å². The fourth-order valence-corrected chi connectivity index (χ4v) is 0.910. The third kappa shape index (κ3) is 2.46. The molecule has 0 bridgehead atoms. The average molecular weight is 202 g/mol. The highest BCUT2D eigenvalue weighted by Crippen LogP contribution is 2.08. The van der Waals surface area contributed by atoms with Gasteiger partial charge in [0.2, 0.25) is 5.95 Å². The first-order chi connectivity index (χ1) is 6.50. The number of nitrogens with two attached hydrogens (primary N) is 1. The van der Waals surface area contributed by atoms with Gasteiger partial charge in [-0.05, 0) is 0 Å². The lowest BCUT2D eigenvalue weighted by Crippen LogP contribution is -2.32. The van der Waals surface area contributed by atoms with E-state index < -0.39 is 23.8 Å². The fourth-order valence-electron chi connectivity index (χ4n) is 0.910. The quantitative estimate of drug-likeness (QED) is 0.692. The van der Waals surface area contributed by atoms with E-state index in [0.717, 1.165) is 6.20 Å². The third-order valence-corrected chi connectivity index (χ3v) is 1.65. The Kier molecular flexibility index (Phi) is 3.08. The van der Waals surface area contributed by atoms with Gasteiger partial charge in [-0.25, -0.2) is 9.37 Å². The molecule has 76 valence electrons. The SMILES string of the molecule is NC(Cc1cnc(F)cc1F)C(=O)O. The predicted octanol–water partition coefficient (Wildman–Crippen LogP) is 0.314. The van der Waals surface area contributed by atoms with Gasteiger partial charge < -0.3 is 10.8 Å². The minimum absolute atomic E-state index is 0.0127. The largest absolute Gasteiger partial charge is 0.480 e. The minimum atomic E-state index is -1.24. The van der Waals surface area contributed by atoms with E-state index in [4.69, 9.17) is 10.8 Å². The zero-order valence-electron chi connectivity index (χ0n) is 7.08. The van der Waals surface area contributed by atoms with E-state index in [2.05, 4.69) is 4.98 Å². The van der Waals surface area contributed by atoms with Crippen LogP contribution in [-0.2, 0) is 11.2 Å². The maximum absolute atomic E-state index is 12.9. The molecule has 0 aliphatic rings. The Labute approximate surface area is 78.4 Å². The van der Waals surface area contributed by atoms with Crippen LogP contribution in [0, 0.1) is 11.8 Å². The number of pyridine rings is 1. The minimum Gasteiger partial charge on any atom is -0.480 e. The first-order valence-electron chi connectivity index (χ1n) is 3.79. The number of nitrogens with zero attached hydrogens (tertiary/aromatic N) is 1. The van der Waals surface area contributed by atoms with E-state index in [9.17, 15) is 13.6 Å². The topological polar surface area (TPSA) is 76.2 Å². The maximum atomic E-state index is 12.9. The van der Waals surface area contributed by atoms with Gasteiger partial charge in [0.15, 0.2) is 0 Å². The van der Waals surface area contributed by atoms with Crippen molar-refractivity contribution in [2.24, 2.45) is 5.73 Å². The molecule has 0 saturated carbocycles.